The highest BCUT2D eigenvalue weighted by Gasteiger charge is 2.04. The minimum atomic E-state index is -0.914. The maximum absolute atomic E-state index is 10.9. The second-order valence-corrected chi connectivity index (χ2v) is 4.85. The zero-order chi connectivity index (χ0) is 15.2. The van der Waals surface area contributed by atoms with Gasteiger partial charge in [-0.2, -0.15) is 0 Å². The molecular formula is C15H18N4O2. The summed E-state index contributed by atoms with van der Waals surface area (Å²) in [6.07, 6.45) is 1.73. The molecule has 0 atom stereocenters. The summed E-state index contributed by atoms with van der Waals surface area (Å²) in [4.78, 5) is 21.3. The quantitative estimate of drug-likeness (QED) is 0.838. The predicted octanol–water partition coefficient (Wildman–Crippen LogP) is 1.53. The standard InChI is InChI=1S/C15H18N4O2/c1-19(2)15-17-7-6-13(18-15)10-16-9-11-4-3-5-12(8-11)14(20)21/h3-8,16H,9-10H2,1-2H3,(H,20,21). The van der Waals surface area contributed by atoms with Crippen molar-refractivity contribution in [2.75, 3.05) is 19.0 Å². The number of rotatable bonds is 6. The fourth-order valence-corrected chi connectivity index (χ4v) is 1.85. The third-order valence-electron chi connectivity index (χ3n) is 2.91. The molecule has 0 aliphatic rings. The normalized spacial score (nSPS) is 10.4. The van der Waals surface area contributed by atoms with Crippen LogP contribution in [0, 0.1) is 0 Å². The number of benzene rings is 1. The molecule has 2 aromatic rings. The van der Waals surface area contributed by atoms with Crippen molar-refractivity contribution in [3.05, 3.63) is 53.3 Å². The maximum Gasteiger partial charge on any atom is 0.335 e. The molecule has 0 spiro atoms. The third-order valence-corrected chi connectivity index (χ3v) is 2.91. The predicted molar refractivity (Wildman–Crippen MR) is 80.3 cm³/mol. The average molecular weight is 286 g/mol. The Kier molecular flexibility index (Phi) is 4.84. The number of carboxylic acid groups (broad SMARTS) is 1. The molecule has 0 aliphatic carbocycles. The fourth-order valence-electron chi connectivity index (χ4n) is 1.85. The second-order valence-electron chi connectivity index (χ2n) is 4.85. The van der Waals surface area contributed by atoms with Crippen LogP contribution in [0.4, 0.5) is 5.95 Å². The summed E-state index contributed by atoms with van der Waals surface area (Å²) < 4.78 is 0. The van der Waals surface area contributed by atoms with Crippen LogP contribution in [0.25, 0.3) is 0 Å². The molecule has 1 aromatic carbocycles. The van der Waals surface area contributed by atoms with Gasteiger partial charge in [0, 0.05) is 33.4 Å². The van der Waals surface area contributed by atoms with Crippen molar-refractivity contribution < 1.29 is 9.90 Å². The van der Waals surface area contributed by atoms with E-state index in [-0.39, 0.29) is 0 Å². The van der Waals surface area contributed by atoms with Gasteiger partial charge in [-0.3, -0.25) is 0 Å². The number of hydrogen-bond acceptors (Lipinski definition) is 5. The van der Waals surface area contributed by atoms with Crippen molar-refractivity contribution in [3.63, 3.8) is 0 Å². The van der Waals surface area contributed by atoms with Crippen LogP contribution in [0.2, 0.25) is 0 Å². The van der Waals surface area contributed by atoms with E-state index in [1.807, 2.05) is 31.1 Å². The van der Waals surface area contributed by atoms with E-state index in [2.05, 4.69) is 15.3 Å². The van der Waals surface area contributed by atoms with Gasteiger partial charge >= 0.3 is 5.97 Å². The second kappa shape index (κ2) is 6.81. The topological polar surface area (TPSA) is 78.4 Å². The van der Waals surface area contributed by atoms with Crippen LogP contribution < -0.4 is 10.2 Å². The van der Waals surface area contributed by atoms with Crippen LogP contribution in [0.3, 0.4) is 0 Å². The lowest BCUT2D eigenvalue weighted by molar-refractivity contribution is 0.0696. The van der Waals surface area contributed by atoms with Gasteiger partial charge in [-0.05, 0) is 23.8 Å². The first-order chi connectivity index (χ1) is 10.1. The summed E-state index contributed by atoms with van der Waals surface area (Å²) in [5.41, 5.74) is 2.12. The van der Waals surface area contributed by atoms with Gasteiger partial charge in [-0.1, -0.05) is 12.1 Å². The molecule has 2 rings (SSSR count). The van der Waals surface area contributed by atoms with E-state index in [0.717, 1.165) is 11.3 Å². The Bertz CT molecular complexity index is 629. The van der Waals surface area contributed by atoms with Crippen LogP contribution in [0.1, 0.15) is 21.6 Å². The van der Waals surface area contributed by atoms with Gasteiger partial charge < -0.3 is 15.3 Å². The number of carbonyl (C=O) groups is 1. The Labute approximate surface area is 123 Å². The molecule has 1 aromatic heterocycles. The average Bonchev–Trinajstić information content (AvgIpc) is 2.48. The van der Waals surface area contributed by atoms with Crippen LogP contribution in [-0.4, -0.2) is 35.1 Å². The van der Waals surface area contributed by atoms with E-state index in [0.29, 0.717) is 24.6 Å². The molecule has 0 aliphatic heterocycles. The Balaban J connectivity index is 1.94. The monoisotopic (exact) mass is 286 g/mol. The lowest BCUT2D eigenvalue weighted by atomic mass is 10.1. The van der Waals surface area contributed by atoms with E-state index < -0.39 is 5.97 Å². The first-order valence-electron chi connectivity index (χ1n) is 6.58. The van der Waals surface area contributed by atoms with E-state index in [1.165, 1.54) is 0 Å². The van der Waals surface area contributed by atoms with E-state index in [9.17, 15) is 4.79 Å². The number of aromatic carboxylic acids is 1. The Morgan fingerprint density at radius 3 is 2.81 bits per heavy atom. The number of anilines is 1. The van der Waals surface area contributed by atoms with Crippen LogP contribution in [0.15, 0.2) is 36.5 Å². The number of aromatic nitrogens is 2. The molecular weight excluding hydrogens is 268 g/mol. The van der Waals surface area contributed by atoms with Gasteiger partial charge in [0.1, 0.15) is 0 Å². The molecule has 0 fully saturated rings. The first-order valence-corrected chi connectivity index (χ1v) is 6.58. The molecule has 0 radical (unpaired) electrons. The summed E-state index contributed by atoms with van der Waals surface area (Å²) in [5.74, 6) is -0.245. The van der Waals surface area contributed by atoms with Crippen molar-refractivity contribution >= 4 is 11.9 Å². The number of hydrogen-bond donors (Lipinski definition) is 2. The number of nitrogens with zero attached hydrogens (tertiary/aromatic N) is 3. The molecule has 0 saturated carbocycles. The van der Waals surface area contributed by atoms with E-state index in [1.54, 1.807) is 24.4 Å². The maximum atomic E-state index is 10.9. The molecule has 110 valence electrons. The highest BCUT2D eigenvalue weighted by Crippen LogP contribution is 2.06. The summed E-state index contributed by atoms with van der Waals surface area (Å²) in [6, 6.07) is 8.74. The molecule has 1 heterocycles. The minimum Gasteiger partial charge on any atom is -0.478 e. The summed E-state index contributed by atoms with van der Waals surface area (Å²) in [5, 5.41) is 12.2. The van der Waals surface area contributed by atoms with Crippen molar-refractivity contribution in [2.45, 2.75) is 13.1 Å². The molecule has 0 saturated heterocycles. The van der Waals surface area contributed by atoms with Crippen molar-refractivity contribution in [2.24, 2.45) is 0 Å². The van der Waals surface area contributed by atoms with Crippen molar-refractivity contribution in [1.29, 1.82) is 0 Å². The van der Waals surface area contributed by atoms with Gasteiger partial charge in [0.15, 0.2) is 0 Å². The highest BCUT2D eigenvalue weighted by atomic mass is 16.4. The molecule has 6 nitrogen and oxygen atoms in total. The van der Waals surface area contributed by atoms with Gasteiger partial charge in [-0.15, -0.1) is 0 Å². The summed E-state index contributed by atoms with van der Waals surface area (Å²) in [7, 11) is 3.79. The lowest BCUT2D eigenvalue weighted by Crippen LogP contribution is -2.17. The molecule has 0 bridgehead atoms. The first kappa shape index (κ1) is 14.9. The van der Waals surface area contributed by atoms with Crippen LogP contribution in [-0.2, 0) is 13.1 Å². The Hall–Kier alpha value is -2.47. The molecule has 6 heteroatoms. The van der Waals surface area contributed by atoms with Crippen molar-refractivity contribution in [3.8, 4) is 0 Å². The third kappa shape index (κ3) is 4.25. The highest BCUT2D eigenvalue weighted by molar-refractivity contribution is 5.87. The van der Waals surface area contributed by atoms with Crippen LogP contribution in [0.5, 0.6) is 0 Å². The van der Waals surface area contributed by atoms with Gasteiger partial charge in [-0.25, -0.2) is 14.8 Å². The largest absolute Gasteiger partial charge is 0.478 e. The molecule has 0 unspecified atom stereocenters. The number of carboxylic acids is 1. The zero-order valence-corrected chi connectivity index (χ0v) is 12.1. The van der Waals surface area contributed by atoms with Crippen LogP contribution >= 0.6 is 0 Å². The summed E-state index contributed by atoms with van der Waals surface area (Å²) in [6.45, 7) is 1.18. The smallest absolute Gasteiger partial charge is 0.335 e. The van der Waals surface area contributed by atoms with E-state index >= 15 is 0 Å². The van der Waals surface area contributed by atoms with Gasteiger partial charge in [0.25, 0.3) is 0 Å². The Morgan fingerprint density at radius 2 is 2.10 bits per heavy atom. The molecule has 0 amide bonds. The summed E-state index contributed by atoms with van der Waals surface area (Å²) >= 11 is 0. The zero-order valence-electron chi connectivity index (χ0n) is 12.1. The van der Waals surface area contributed by atoms with Gasteiger partial charge in [0.05, 0.1) is 11.3 Å². The SMILES string of the molecule is CN(C)c1nccc(CNCc2cccc(C(=O)O)c2)n1. The lowest BCUT2D eigenvalue weighted by Gasteiger charge is -2.11. The molecule has 2 N–H and O–H groups in total. The van der Waals surface area contributed by atoms with Crippen molar-refractivity contribution in [1.82, 2.24) is 15.3 Å². The fraction of sp³-hybridized carbons (Fsp3) is 0.267. The number of nitrogens with one attached hydrogen (secondary N) is 1. The Morgan fingerprint density at radius 1 is 1.29 bits per heavy atom. The van der Waals surface area contributed by atoms with E-state index in [4.69, 9.17) is 5.11 Å². The molecule has 21 heavy (non-hydrogen) atoms. The minimum absolute atomic E-state index is 0.297. The van der Waals surface area contributed by atoms with Gasteiger partial charge in [0.2, 0.25) is 5.95 Å².